The van der Waals surface area contributed by atoms with Crippen molar-refractivity contribution >= 4 is 93.5 Å². The van der Waals surface area contributed by atoms with Gasteiger partial charge in [-0.15, -0.1) is 11.3 Å². The van der Waals surface area contributed by atoms with Crippen molar-refractivity contribution in [1.29, 1.82) is 0 Å². The van der Waals surface area contributed by atoms with Crippen LogP contribution in [0.3, 0.4) is 0 Å². The molecule has 9 aromatic carbocycles. The molecule has 0 aliphatic heterocycles. The Bertz CT molecular complexity index is 2780. The van der Waals surface area contributed by atoms with E-state index < -0.39 is 0 Å². The summed E-state index contributed by atoms with van der Waals surface area (Å²) in [6.07, 6.45) is 0. The molecule has 0 spiro atoms. The first kappa shape index (κ1) is 33.4. The van der Waals surface area contributed by atoms with E-state index in [1.807, 2.05) is 11.3 Å². The zero-order valence-corrected chi connectivity index (χ0v) is 31.4. The maximum absolute atomic E-state index is 2.44. The second kappa shape index (κ2) is 14.6. The van der Waals surface area contributed by atoms with Gasteiger partial charge in [0.1, 0.15) is 0 Å². The monoisotopic (exact) mass is 735 g/mol. The third kappa shape index (κ3) is 6.12. The highest BCUT2D eigenvalue weighted by Gasteiger charge is 2.24. The lowest BCUT2D eigenvalue weighted by molar-refractivity contribution is 1.29. The Morgan fingerprint density at radius 2 is 0.625 bits per heavy atom. The molecule has 0 aliphatic rings. The molecule has 0 radical (unpaired) electrons. The highest BCUT2D eigenvalue weighted by atomic mass is 32.1. The van der Waals surface area contributed by atoms with Crippen LogP contribution in [0.5, 0.6) is 0 Å². The van der Waals surface area contributed by atoms with Crippen molar-refractivity contribution in [1.82, 2.24) is 0 Å². The van der Waals surface area contributed by atoms with Gasteiger partial charge in [0.2, 0.25) is 0 Å². The highest BCUT2D eigenvalue weighted by molar-refractivity contribution is 7.26. The average molecular weight is 736 g/mol. The normalized spacial score (nSPS) is 11.2. The summed E-state index contributed by atoms with van der Waals surface area (Å²) in [6, 6.07) is 80.4. The largest absolute Gasteiger partial charge is 0.310 e. The molecule has 10 rings (SSSR count). The van der Waals surface area contributed by atoms with E-state index in [1.165, 1.54) is 36.6 Å². The fourth-order valence-corrected chi connectivity index (χ4v) is 9.08. The summed E-state index contributed by atoms with van der Waals surface area (Å²) in [5.41, 5.74) is 10.1. The molecule has 0 bridgehead atoms. The standard InChI is InChI=1S/C52H37N3S/c1-7-19-39(20-8-1)53(40-21-9-2-10-22-40)45-31-33-47-38(35-45)36-50-51(52(47)55(43-27-15-5-16-28-43)44-29-17-6-18-30-44)48-34-32-46(37-49(48)56-50)54(41-23-11-3-12-24-41)42-25-13-4-14-26-42/h1-37H. The highest BCUT2D eigenvalue weighted by Crippen LogP contribution is 2.51. The number of anilines is 9. The minimum absolute atomic E-state index is 1.11. The molecule has 0 atom stereocenters. The van der Waals surface area contributed by atoms with Crippen molar-refractivity contribution in [3.8, 4) is 0 Å². The van der Waals surface area contributed by atoms with Gasteiger partial charge in [-0.25, -0.2) is 0 Å². The van der Waals surface area contributed by atoms with E-state index in [9.17, 15) is 0 Å². The van der Waals surface area contributed by atoms with Gasteiger partial charge in [0.15, 0.2) is 0 Å². The molecule has 56 heavy (non-hydrogen) atoms. The van der Waals surface area contributed by atoms with E-state index in [2.05, 4.69) is 239 Å². The van der Waals surface area contributed by atoms with Crippen molar-refractivity contribution in [2.75, 3.05) is 14.7 Å². The molecule has 3 nitrogen and oxygen atoms in total. The van der Waals surface area contributed by atoms with Gasteiger partial charge in [0, 0.05) is 71.1 Å². The molecule has 0 unspecified atom stereocenters. The van der Waals surface area contributed by atoms with Crippen LogP contribution >= 0.6 is 11.3 Å². The van der Waals surface area contributed by atoms with Crippen LogP contribution in [-0.2, 0) is 0 Å². The van der Waals surface area contributed by atoms with Gasteiger partial charge in [-0.2, -0.15) is 0 Å². The van der Waals surface area contributed by atoms with Gasteiger partial charge in [0.05, 0.1) is 5.69 Å². The zero-order valence-electron chi connectivity index (χ0n) is 30.6. The quantitative estimate of drug-likeness (QED) is 0.146. The van der Waals surface area contributed by atoms with Gasteiger partial charge in [-0.3, -0.25) is 0 Å². The van der Waals surface area contributed by atoms with Gasteiger partial charge < -0.3 is 14.7 Å². The summed E-state index contributed by atoms with van der Waals surface area (Å²) >= 11 is 1.86. The van der Waals surface area contributed by atoms with Crippen LogP contribution in [-0.4, -0.2) is 0 Å². The number of benzene rings is 9. The predicted molar refractivity (Wildman–Crippen MR) is 241 cm³/mol. The molecular weight excluding hydrogens is 699 g/mol. The van der Waals surface area contributed by atoms with E-state index >= 15 is 0 Å². The molecule has 4 heteroatoms. The average Bonchev–Trinajstić information content (AvgIpc) is 3.63. The lowest BCUT2D eigenvalue weighted by atomic mass is 9.99. The summed E-state index contributed by atoms with van der Waals surface area (Å²) in [5.74, 6) is 0. The van der Waals surface area contributed by atoms with Crippen LogP contribution in [0.15, 0.2) is 224 Å². The maximum Gasteiger partial charge on any atom is 0.0633 e. The predicted octanol–water partition coefficient (Wildman–Crippen LogP) is 15.6. The van der Waals surface area contributed by atoms with Crippen LogP contribution in [0.2, 0.25) is 0 Å². The minimum Gasteiger partial charge on any atom is -0.310 e. The molecule has 0 saturated carbocycles. The second-order valence-corrected chi connectivity index (χ2v) is 14.9. The summed E-state index contributed by atoms with van der Waals surface area (Å²) in [7, 11) is 0. The van der Waals surface area contributed by atoms with Crippen molar-refractivity contribution in [3.05, 3.63) is 224 Å². The Kier molecular flexibility index (Phi) is 8.71. The molecular formula is C52H37N3S. The maximum atomic E-state index is 2.44. The molecule has 0 saturated heterocycles. The first-order valence-corrected chi connectivity index (χ1v) is 19.8. The molecule has 10 aromatic rings. The number of thiophene rings is 1. The van der Waals surface area contributed by atoms with E-state index in [4.69, 9.17) is 0 Å². The smallest absolute Gasteiger partial charge is 0.0633 e. The Morgan fingerprint density at radius 1 is 0.268 bits per heavy atom. The lowest BCUT2D eigenvalue weighted by Crippen LogP contribution is -2.12. The third-order valence-corrected chi connectivity index (χ3v) is 11.4. The van der Waals surface area contributed by atoms with Gasteiger partial charge in [-0.05, 0) is 109 Å². The summed E-state index contributed by atoms with van der Waals surface area (Å²) in [4.78, 5) is 7.13. The molecule has 1 heterocycles. The Labute approximate surface area is 331 Å². The van der Waals surface area contributed by atoms with Gasteiger partial charge in [0.25, 0.3) is 0 Å². The lowest BCUT2D eigenvalue weighted by Gasteiger charge is -2.29. The molecule has 1 aromatic heterocycles. The topological polar surface area (TPSA) is 9.72 Å². The number of nitrogens with zero attached hydrogens (tertiary/aromatic N) is 3. The number of hydrogen-bond donors (Lipinski definition) is 0. The summed E-state index contributed by atoms with van der Waals surface area (Å²) < 4.78 is 2.48. The van der Waals surface area contributed by atoms with E-state index in [0.29, 0.717) is 0 Å². The van der Waals surface area contributed by atoms with Crippen LogP contribution in [0, 0.1) is 0 Å². The van der Waals surface area contributed by atoms with E-state index in [0.717, 1.165) is 45.5 Å². The van der Waals surface area contributed by atoms with E-state index in [-0.39, 0.29) is 0 Å². The number of fused-ring (bicyclic) bond motifs is 4. The molecule has 0 aliphatic carbocycles. The van der Waals surface area contributed by atoms with Crippen molar-refractivity contribution in [3.63, 3.8) is 0 Å². The van der Waals surface area contributed by atoms with Crippen LogP contribution in [0.25, 0.3) is 30.9 Å². The first-order chi connectivity index (χ1) is 27.8. The van der Waals surface area contributed by atoms with Crippen molar-refractivity contribution in [2.45, 2.75) is 0 Å². The van der Waals surface area contributed by atoms with Crippen LogP contribution in [0.4, 0.5) is 51.2 Å². The number of rotatable bonds is 9. The fraction of sp³-hybridized carbons (Fsp3) is 0. The zero-order chi connectivity index (χ0) is 37.3. The fourth-order valence-electron chi connectivity index (χ4n) is 7.89. The first-order valence-electron chi connectivity index (χ1n) is 18.9. The molecule has 266 valence electrons. The molecule has 0 fully saturated rings. The Morgan fingerprint density at radius 3 is 1.04 bits per heavy atom. The number of para-hydroxylation sites is 6. The SMILES string of the molecule is c1ccc(N(c2ccccc2)c2ccc3c(N(c4ccccc4)c4ccccc4)c4c(cc3c2)sc2cc(N(c3ccccc3)c3ccccc3)ccc24)cc1. The summed E-state index contributed by atoms with van der Waals surface area (Å²) in [6.45, 7) is 0. The van der Waals surface area contributed by atoms with E-state index in [1.54, 1.807) is 0 Å². The summed E-state index contributed by atoms with van der Waals surface area (Å²) in [5, 5.41) is 4.86. The Balaban J connectivity index is 1.25. The third-order valence-electron chi connectivity index (χ3n) is 10.3. The van der Waals surface area contributed by atoms with Crippen LogP contribution in [0.1, 0.15) is 0 Å². The van der Waals surface area contributed by atoms with Gasteiger partial charge >= 0.3 is 0 Å². The van der Waals surface area contributed by atoms with Crippen molar-refractivity contribution in [2.24, 2.45) is 0 Å². The van der Waals surface area contributed by atoms with Crippen LogP contribution < -0.4 is 14.7 Å². The van der Waals surface area contributed by atoms with Crippen molar-refractivity contribution < 1.29 is 0 Å². The second-order valence-electron chi connectivity index (χ2n) is 13.8. The molecule has 0 N–H and O–H groups in total. The van der Waals surface area contributed by atoms with Gasteiger partial charge in [-0.1, -0.05) is 121 Å². The Hall–Kier alpha value is -7.14. The minimum atomic E-state index is 1.11. The number of hydrogen-bond acceptors (Lipinski definition) is 4. The molecule has 0 amide bonds.